The SMILES string of the molecule is CCOC(=O)C(CCN1CCC(C)C1)NC(C)C. The number of esters is 1. The lowest BCUT2D eigenvalue weighted by Gasteiger charge is -2.22. The van der Waals surface area contributed by atoms with Crippen molar-refractivity contribution in [3.63, 3.8) is 0 Å². The number of carbonyl (C=O) groups excluding carboxylic acids is 1. The van der Waals surface area contributed by atoms with Crippen LogP contribution in [0.3, 0.4) is 0 Å². The molecule has 0 aromatic rings. The molecule has 18 heavy (non-hydrogen) atoms. The third kappa shape index (κ3) is 5.36. The molecular weight excluding hydrogens is 228 g/mol. The highest BCUT2D eigenvalue weighted by Gasteiger charge is 2.24. The van der Waals surface area contributed by atoms with Gasteiger partial charge in [-0.3, -0.25) is 4.79 Å². The van der Waals surface area contributed by atoms with Crippen molar-refractivity contribution in [2.45, 2.75) is 52.6 Å². The van der Waals surface area contributed by atoms with E-state index in [1.807, 2.05) is 6.92 Å². The highest BCUT2D eigenvalue weighted by atomic mass is 16.5. The summed E-state index contributed by atoms with van der Waals surface area (Å²) in [6, 6.07) is 0.137. The summed E-state index contributed by atoms with van der Waals surface area (Å²) in [4.78, 5) is 14.3. The molecule has 2 unspecified atom stereocenters. The van der Waals surface area contributed by atoms with E-state index in [9.17, 15) is 4.79 Å². The molecule has 0 amide bonds. The summed E-state index contributed by atoms with van der Waals surface area (Å²) in [5, 5.41) is 3.30. The van der Waals surface area contributed by atoms with Crippen molar-refractivity contribution in [3.8, 4) is 0 Å². The van der Waals surface area contributed by atoms with Gasteiger partial charge in [0.1, 0.15) is 6.04 Å². The van der Waals surface area contributed by atoms with Crippen molar-refractivity contribution in [3.05, 3.63) is 0 Å². The number of nitrogens with one attached hydrogen (secondary N) is 1. The standard InChI is InChI=1S/C14H28N2O2/c1-5-18-14(17)13(15-11(2)3)7-9-16-8-6-12(4)10-16/h11-13,15H,5-10H2,1-4H3. The zero-order chi connectivity index (χ0) is 13.5. The van der Waals surface area contributed by atoms with Gasteiger partial charge in [-0.25, -0.2) is 0 Å². The fraction of sp³-hybridized carbons (Fsp3) is 0.929. The molecule has 1 rings (SSSR count). The van der Waals surface area contributed by atoms with Gasteiger partial charge in [-0.15, -0.1) is 0 Å². The molecule has 1 N–H and O–H groups in total. The average Bonchev–Trinajstić information content (AvgIpc) is 2.70. The van der Waals surface area contributed by atoms with E-state index >= 15 is 0 Å². The first kappa shape index (κ1) is 15.4. The number of hydrogen-bond acceptors (Lipinski definition) is 4. The summed E-state index contributed by atoms with van der Waals surface area (Å²) < 4.78 is 5.12. The molecule has 1 fully saturated rings. The highest BCUT2D eigenvalue weighted by Crippen LogP contribution is 2.15. The van der Waals surface area contributed by atoms with Crippen molar-refractivity contribution in [1.29, 1.82) is 0 Å². The van der Waals surface area contributed by atoms with Crippen LogP contribution in [-0.4, -0.2) is 49.2 Å². The Bertz CT molecular complexity index is 256. The van der Waals surface area contributed by atoms with Crippen LogP contribution in [-0.2, 0) is 9.53 Å². The molecule has 0 saturated carbocycles. The highest BCUT2D eigenvalue weighted by molar-refractivity contribution is 5.75. The minimum atomic E-state index is -0.166. The third-order valence-electron chi connectivity index (χ3n) is 3.35. The largest absolute Gasteiger partial charge is 0.465 e. The van der Waals surface area contributed by atoms with E-state index in [2.05, 4.69) is 31.0 Å². The van der Waals surface area contributed by atoms with E-state index in [1.54, 1.807) is 0 Å². The molecule has 1 aliphatic heterocycles. The Morgan fingerprint density at radius 3 is 2.72 bits per heavy atom. The molecule has 4 heteroatoms. The van der Waals surface area contributed by atoms with Gasteiger partial charge in [0.25, 0.3) is 0 Å². The predicted octanol–water partition coefficient (Wildman–Crippen LogP) is 1.65. The number of carbonyl (C=O) groups is 1. The number of nitrogens with zero attached hydrogens (tertiary/aromatic N) is 1. The van der Waals surface area contributed by atoms with E-state index in [1.165, 1.54) is 13.0 Å². The van der Waals surface area contributed by atoms with Gasteiger partial charge in [-0.2, -0.15) is 0 Å². The van der Waals surface area contributed by atoms with Crippen molar-refractivity contribution in [1.82, 2.24) is 10.2 Å². The van der Waals surface area contributed by atoms with Crippen LogP contribution in [0.4, 0.5) is 0 Å². The van der Waals surface area contributed by atoms with Crippen molar-refractivity contribution in [2.24, 2.45) is 5.92 Å². The van der Waals surface area contributed by atoms with Crippen molar-refractivity contribution in [2.75, 3.05) is 26.2 Å². The van der Waals surface area contributed by atoms with Gasteiger partial charge in [0, 0.05) is 19.1 Å². The van der Waals surface area contributed by atoms with Gasteiger partial charge in [0.05, 0.1) is 6.61 Å². The lowest BCUT2D eigenvalue weighted by molar-refractivity contribution is -0.146. The fourth-order valence-corrected chi connectivity index (χ4v) is 2.46. The molecule has 0 radical (unpaired) electrons. The first-order chi connectivity index (χ1) is 8.52. The summed E-state index contributed by atoms with van der Waals surface area (Å²) in [6.07, 6.45) is 2.12. The molecule has 106 valence electrons. The molecule has 0 aromatic heterocycles. The molecule has 0 bridgehead atoms. The Hall–Kier alpha value is -0.610. The van der Waals surface area contributed by atoms with Crippen LogP contribution >= 0.6 is 0 Å². The van der Waals surface area contributed by atoms with Crippen LogP contribution in [0, 0.1) is 5.92 Å². The summed E-state index contributed by atoms with van der Waals surface area (Å²) in [5.74, 6) is 0.683. The van der Waals surface area contributed by atoms with E-state index in [-0.39, 0.29) is 12.0 Å². The van der Waals surface area contributed by atoms with Crippen molar-refractivity contribution >= 4 is 5.97 Å². The number of likely N-dealkylation sites (tertiary alicyclic amines) is 1. The monoisotopic (exact) mass is 256 g/mol. The topological polar surface area (TPSA) is 41.6 Å². The van der Waals surface area contributed by atoms with Crippen LogP contribution in [0.5, 0.6) is 0 Å². The molecule has 4 nitrogen and oxygen atoms in total. The van der Waals surface area contributed by atoms with Crippen LogP contribution < -0.4 is 5.32 Å². The van der Waals surface area contributed by atoms with Gasteiger partial charge in [0.15, 0.2) is 0 Å². The Labute approximate surface area is 111 Å². The van der Waals surface area contributed by atoms with Gasteiger partial charge in [0.2, 0.25) is 0 Å². The van der Waals surface area contributed by atoms with Crippen LogP contribution in [0.25, 0.3) is 0 Å². The zero-order valence-corrected chi connectivity index (χ0v) is 12.2. The maximum atomic E-state index is 11.8. The molecule has 0 spiro atoms. The van der Waals surface area contributed by atoms with E-state index in [4.69, 9.17) is 4.74 Å². The first-order valence-corrected chi connectivity index (χ1v) is 7.18. The molecule has 1 saturated heterocycles. The molecule has 2 atom stereocenters. The predicted molar refractivity (Wildman–Crippen MR) is 73.5 cm³/mol. The molecule has 0 aromatic carbocycles. The Morgan fingerprint density at radius 1 is 1.50 bits per heavy atom. The normalized spacial score (nSPS) is 22.4. The zero-order valence-electron chi connectivity index (χ0n) is 12.2. The van der Waals surface area contributed by atoms with Gasteiger partial charge < -0.3 is 15.0 Å². The molecule has 1 aliphatic rings. The lowest BCUT2D eigenvalue weighted by Crippen LogP contribution is -2.44. The van der Waals surface area contributed by atoms with E-state index in [0.717, 1.165) is 25.4 Å². The second-order valence-corrected chi connectivity index (χ2v) is 5.61. The summed E-state index contributed by atoms with van der Waals surface area (Å²) in [5.41, 5.74) is 0. The second kappa shape index (κ2) is 7.74. The van der Waals surface area contributed by atoms with Gasteiger partial charge in [-0.05, 0) is 32.2 Å². The second-order valence-electron chi connectivity index (χ2n) is 5.61. The van der Waals surface area contributed by atoms with Crippen molar-refractivity contribution < 1.29 is 9.53 Å². The molecule has 0 aliphatic carbocycles. The van der Waals surface area contributed by atoms with Crippen LogP contribution in [0.2, 0.25) is 0 Å². The number of ether oxygens (including phenoxy) is 1. The van der Waals surface area contributed by atoms with Gasteiger partial charge >= 0.3 is 5.97 Å². The molecular formula is C14H28N2O2. The number of hydrogen-bond donors (Lipinski definition) is 1. The quantitative estimate of drug-likeness (QED) is 0.703. The number of rotatable bonds is 7. The van der Waals surface area contributed by atoms with Crippen LogP contribution in [0.15, 0.2) is 0 Å². The molecule has 1 heterocycles. The minimum absolute atomic E-state index is 0.113. The Kier molecular flexibility index (Phi) is 6.65. The summed E-state index contributed by atoms with van der Waals surface area (Å²) >= 11 is 0. The summed E-state index contributed by atoms with van der Waals surface area (Å²) in [6.45, 7) is 12.0. The maximum Gasteiger partial charge on any atom is 0.323 e. The smallest absolute Gasteiger partial charge is 0.323 e. The lowest BCUT2D eigenvalue weighted by atomic mass is 10.1. The fourth-order valence-electron chi connectivity index (χ4n) is 2.46. The first-order valence-electron chi connectivity index (χ1n) is 7.18. The van der Waals surface area contributed by atoms with E-state index < -0.39 is 0 Å². The average molecular weight is 256 g/mol. The van der Waals surface area contributed by atoms with Crippen LogP contribution in [0.1, 0.15) is 40.5 Å². The minimum Gasteiger partial charge on any atom is -0.465 e. The maximum absolute atomic E-state index is 11.8. The Morgan fingerprint density at radius 2 is 2.22 bits per heavy atom. The Balaban J connectivity index is 2.37. The third-order valence-corrected chi connectivity index (χ3v) is 3.35. The van der Waals surface area contributed by atoms with E-state index in [0.29, 0.717) is 12.6 Å². The summed E-state index contributed by atoms with van der Waals surface area (Å²) in [7, 11) is 0. The van der Waals surface area contributed by atoms with Gasteiger partial charge in [-0.1, -0.05) is 20.8 Å².